The van der Waals surface area contributed by atoms with E-state index >= 15 is 0 Å². The van der Waals surface area contributed by atoms with Crippen LogP contribution in [0.2, 0.25) is 0 Å². The predicted octanol–water partition coefficient (Wildman–Crippen LogP) is 2.87. The molecule has 46 heavy (non-hydrogen) atoms. The lowest BCUT2D eigenvalue weighted by molar-refractivity contribution is -0.124. The minimum Gasteiger partial charge on any atom is -0.367 e. The van der Waals surface area contributed by atoms with Gasteiger partial charge in [0.15, 0.2) is 0 Å². The number of carbonyl (C=O) groups excluding carboxylic acids is 4. The number of piperazine rings is 2. The third-order valence-electron chi connectivity index (χ3n) is 9.51. The molecule has 12 heteroatoms. The molecule has 3 aromatic carbocycles. The zero-order valence-corrected chi connectivity index (χ0v) is 25.2. The lowest BCUT2D eigenvalue weighted by Gasteiger charge is -2.38. The van der Waals surface area contributed by atoms with Crippen LogP contribution in [0.5, 0.6) is 0 Å². The van der Waals surface area contributed by atoms with Crippen LogP contribution in [0.1, 0.15) is 12.8 Å². The van der Waals surface area contributed by atoms with Crippen molar-refractivity contribution >= 4 is 46.4 Å². The number of nitrogens with zero attached hydrogens (tertiary/aromatic N) is 6. The zero-order chi connectivity index (χ0) is 31.9. The summed E-state index contributed by atoms with van der Waals surface area (Å²) in [5, 5.41) is 0. The highest BCUT2D eigenvalue weighted by Gasteiger charge is 2.45. The van der Waals surface area contributed by atoms with Crippen LogP contribution in [-0.2, 0) is 19.2 Å². The van der Waals surface area contributed by atoms with Crippen molar-refractivity contribution in [2.24, 2.45) is 0 Å². The SMILES string of the molecule is O=C1CC(N2CCN(c3ccccc3F)CC2)C(=O)N1c1ccc(N2C(=O)CC(N3CCN(c4ccccc4F)CC3)C2=O)cc1. The summed E-state index contributed by atoms with van der Waals surface area (Å²) in [7, 11) is 0. The van der Waals surface area contributed by atoms with Crippen molar-refractivity contribution in [3.8, 4) is 0 Å². The van der Waals surface area contributed by atoms with Crippen LogP contribution < -0.4 is 19.6 Å². The second-order valence-electron chi connectivity index (χ2n) is 12.0. The lowest BCUT2D eigenvalue weighted by atomic mass is 10.1. The highest BCUT2D eigenvalue weighted by molar-refractivity contribution is 6.24. The Bertz CT molecular complexity index is 1550. The molecule has 0 aromatic heterocycles. The second-order valence-corrected chi connectivity index (χ2v) is 12.0. The number of imide groups is 2. The molecular formula is C34H34F2N6O4. The molecule has 4 aliphatic rings. The highest BCUT2D eigenvalue weighted by Crippen LogP contribution is 2.32. The number of halogens is 2. The van der Waals surface area contributed by atoms with Gasteiger partial charge in [0.25, 0.3) is 11.8 Å². The molecule has 2 unspecified atom stereocenters. The van der Waals surface area contributed by atoms with E-state index in [0.29, 0.717) is 75.1 Å². The number of hydrogen-bond donors (Lipinski definition) is 0. The fourth-order valence-electron chi connectivity index (χ4n) is 7.06. The van der Waals surface area contributed by atoms with Gasteiger partial charge in [0.1, 0.15) is 11.6 Å². The van der Waals surface area contributed by atoms with Gasteiger partial charge in [-0.25, -0.2) is 18.6 Å². The van der Waals surface area contributed by atoms with Gasteiger partial charge in [0, 0.05) is 52.4 Å². The molecule has 238 valence electrons. The van der Waals surface area contributed by atoms with Crippen molar-refractivity contribution in [3.05, 3.63) is 84.4 Å². The van der Waals surface area contributed by atoms with Gasteiger partial charge >= 0.3 is 0 Å². The van der Waals surface area contributed by atoms with Crippen LogP contribution in [0, 0.1) is 11.6 Å². The number of para-hydroxylation sites is 2. The number of carbonyl (C=O) groups is 4. The molecule has 0 N–H and O–H groups in total. The van der Waals surface area contributed by atoms with E-state index in [9.17, 15) is 28.0 Å². The van der Waals surface area contributed by atoms with Crippen molar-refractivity contribution in [1.29, 1.82) is 0 Å². The molecule has 4 aliphatic heterocycles. The number of amides is 4. The van der Waals surface area contributed by atoms with Gasteiger partial charge in [-0.2, -0.15) is 0 Å². The van der Waals surface area contributed by atoms with E-state index in [4.69, 9.17) is 0 Å². The Labute approximate surface area is 265 Å². The van der Waals surface area contributed by atoms with Crippen LogP contribution >= 0.6 is 0 Å². The van der Waals surface area contributed by atoms with Crippen molar-refractivity contribution in [2.45, 2.75) is 24.9 Å². The fraction of sp³-hybridized carbons (Fsp3) is 0.353. The molecule has 0 radical (unpaired) electrons. The topological polar surface area (TPSA) is 87.7 Å². The Morgan fingerprint density at radius 3 is 1.17 bits per heavy atom. The maximum atomic E-state index is 14.3. The normalized spacial score (nSPS) is 23.3. The average molecular weight is 629 g/mol. The summed E-state index contributed by atoms with van der Waals surface area (Å²) in [4.78, 5) is 63.2. The average Bonchev–Trinajstić information content (AvgIpc) is 3.54. The number of benzene rings is 3. The Kier molecular flexibility index (Phi) is 7.99. The molecule has 4 heterocycles. The second kappa shape index (κ2) is 12.3. The standard InChI is InChI=1S/C34H34F2N6O4/c35-25-5-1-3-7-27(25)37-13-17-39(18-14-37)29-21-31(43)41(33(29)45)23-9-11-24(12-10-23)42-32(44)22-30(34(42)46)40-19-15-38(16-20-40)28-8-4-2-6-26(28)36/h1-12,29-30H,13-22H2. The van der Waals surface area contributed by atoms with Gasteiger partial charge < -0.3 is 9.80 Å². The maximum Gasteiger partial charge on any atom is 0.251 e. The first-order chi connectivity index (χ1) is 22.3. The van der Waals surface area contributed by atoms with Crippen LogP contribution in [-0.4, -0.2) is 97.9 Å². The van der Waals surface area contributed by atoms with E-state index in [1.165, 1.54) is 21.9 Å². The van der Waals surface area contributed by atoms with Crippen LogP contribution in [0.25, 0.3) is 0 Å². The molecular weight excluding hydrogens is 594 g/mol. The van der Waals surface area contributed by atoms with E-state index in [2.05, 4.69) is 0 Å². The first-order valence-electron chi connectivity index (χ1n) is 15.6. The van der Waals surface area contributed by atoms with E-state index in [1.54, 1.807) is 60.7 Å². The Morgan fingerprint density at radius 2 is 0.826 bits per heavy atom. The largest absolute Gasteiger partial charge is 0.367 e. The summed E-state index contributed by atoms with van der Waals surface area (Å²) in [6.07, 6.45) is 0.102. The highest BCUT2D eigenvalue weighted by atomic mass is 19.1. The third-order valence-corrected chi connectivity index (χ3v) is 9.51. The molecule has 0 aliphatic carbocycles. The molecule has 4 amide bonds. The smallest absolute Gasteiger partial charge is 0.251 e. The summed E-state index contributed by atoms with van der Waals surface area (Å²) in [5.41, 5.74) is 1.82. The summed E-state index contributed by atoms with van der Waals surface area (Å²) < 4.78 is 28.5. The number of rotatable bonds is 6. The van der Waals surface area contributed by atoms with Crippen molar-refractivity contribution in [3.63, 3.8) is 0 Å². The van der Waals surface area contributed by atoms with Crippen LogP contribution in [0.4, 0.5) is 31.5 Å². The number of anilines is 4. The summed E-state index contributed by atoms with van der Waals surface area (Å²) in [6.45, 7) is 4.21. The van der Waals surface area contributed by atoms with Gasteiger partial charge in [-0.05, 0) is 48.5 Å². The summed E-state index contributed by atoms with van der Waals surface area (Å²) in [6, 6.07) is 18.4. The van der Waals surface area contributed by atoms with E-state index in [-0.39, 0.29) is 48.1 Å². The molecule has 10 nitrogen and oxygen atoms in total. The molecule has 0 bridgehead atoms. The lowest BCUT2D eigenvalue weighted by Crippen LogP contribution is -2.52. The maximum absolute atomic E-state index is 14.3. The molecule has 0 saturated carbocycles. The van der Waals surface area contributed by atoms with Crippen molar-refractivity contribution in [2.75, 3.05) is 72.0 Å². The zero-order valence-electron chi connectivity index (χ0n) is 25.2. The monoisotopic (exact) mass is 628 g/mol. The van der Waals surface area contributed by atoms with E-state index in [1.807, 2.05) is 19.6 Å². The predicted molar refractivity (Wildman–Crippen MR) is 169 cm³/mol. The summed E-state index contributed by atoms with van der Waals surface area (Å²) >= 11 is 0. The molecule has 3 aromatic rings. The minimum atomic E-state index is -0.601. The first kappa shape index (κ1) is 30.0. The quantitative estimate of drug-likeness (QED) is 0.386. The minimum absolute atomic E-state index is 0.0508. The number of hydrogen-bond acceptors (Lipinski definition) is 8. The van der Waals surface area contributed by atoms with Gasteiger partial charge in [0.05, 0.1) is 47.7 Å². The molecule has 4 fully saturated rings. The third kappa shape index (κ3) is 5.41. The van der Waals surface area contributed by atoms with Gasteiger partial charge in [-0.3, -0.25) is 29.0 Å². The molecule has 0 spiro atoms. The summed E-state index contributed by atoms with van der Waals surface area (Å²) in [5.74, 6) is -1.85. The van der Waals surface area contributed by atoms with E-state index in [0.717, 1.165) is 0 Å². The van der Waals surface area contributed by atoms with Crippen molar-refractivity contribution < 1.29 is 28.0 Å². The van der Waals surface area contributed by atoms with Gasteiger partial charge in [-0.15, -0.1) is 0 Å². The van der Waals surface area contributed by atoms with Gasteiger partial charge in [-0.1, -0.05) is 24.3 Å². The van der Waals surface area contributed by atoms with Gasteiger partial charge in [0.2, 0.25) is 11.8 Å². The van der Waals surface area contributed by atoms with Crippen LogP contribution in [0.15, 0.2) is 72.8 Å². The molecule has 2 atom stereocenters. The molecule has 7 rings (SSSR count). The Morgan fingerprint density at radius 1 is 0.478 bits per heavy atom. The Balaban J connectivity index is 0.974. The fourth-order valence-corrected chi connectivity index (χ4v) is 7.06. The molecule has 4 saturated heterocycles. The Hall–Kier alpha value is -4.68. The van der Waals surface area contributed by atoms with E-state index < -0.39 is 12.1 Å². The first-order valence-corrected chi connectivity index (χ1v) is 15.6. The van der Waals surface area contributed by atoms with Crippen molar-refractivity contribution in [1.82, 2.24) is 9.80 Å². The van der Waals surface area contributed by atoms with Crippen LogP contribution in [0.3, 0.4) is 0 Å².